The second-order valence-corrected chi connectivity index (χ2v) is 5.73. The van der Waals surface area contributed by atoms with Gasteiger partial charge in [-0.3, -0.25) is 0 Å². The third-order valence-electron chi connectivity index (χ3n) is 2.72. The fourth-order valence-electron chi connectivity index (χ4n) is 1.63. The molecule has 0 fully saturated rings. The Bertz CT molecular complexity index is 507. The maximum Gasteiger partial charge on any atom is 0.191 e. The maximum atomic E-state index is 12.9. The number of halogens is 1. The first-order chi connectivity index (χ1) is 8.58. The fourth-order valence-corrected chi connectivity index (χ4v) is 2.71. The van der Waals surface area contributed by atoms with Crippen LogP contribution in [-0.4, -0.2) is 14.8 Å². The van der Waals surface area contributed by atoms with Gasteiger partial charge in [-0.15, -0.1) is 10.2 Å². The van der Waals surface area contributed by atoms with Crippen LogP contribution in [0.25, 0.3) is 0 Å². The number of aromatic nitrogens is 3. The standard InChI is InChI=1S/C13H16FN3S/c1-9(2)17-8-15-16-13(17)18-10(3)11-4-6-12(14)7-5-11/h4-10H,1-3H3/t10-/m1/s1. The van der Waals surface area contributed by atoms with Gasteiger partial charge in [0.15, 0.2) is 5.16 Å². The maximum absolute atomic E-state index is 12.9. The van der Waals surface area contributed by atoms with Gasteiger partial charge in [-0.25, -0.2) is 4.39 Å². The van der Waals surface area contributed by atoms with Gasteiger partial charge in [-0.2, -0.15) is 0 Å². The highest BCUT2D eigenvalue weighted by atomic mass is 32.2. The largest absolute Gasteiger partial charge is 0.306 e. The number of rotatable bonds is 4. The molecule has 0 aliphatic rings. The lowest BCUT2D eigenvalue weighted by Crippen LogP contribution is -2.02. The Labute approximate surface area is 110 Å². The summed E-state index contributed by atoms with van der Waals surface area (Å²) in [6.07, 6.45) is 1.74. The van der Waals surface area contributed by atoms with Gasteiger partial charge in [0.25, 0.3) is 0 Å². The van der Waals surface area contributed by atoms with E-state index in [1.54, 1.807) is 18.1 Å². The van der Waals surface area contributed by atoms with E-state index in [2.05, 4.69) is 31.0 Å². The average molecular weight is 265 g/mol. The lowest BCUT2D eigenvalue weighted by Gasteiger charge is -2.14. The molecule has 0 aliphatic heterocycles. The topological polar surface area (TPSA) is 30.7 Å². The summed E-state index contributed by atoms with van der Waals surface area (Å²) in [4.78, 5) is 0. The molecule has 3 nitrogen and oxygen atoms in total. The van der Waals surface area contributed by atoms with Crippen LogP contribution in [0, 0.1) is 5.82 Å². The zero-order valence-electron chi connectivity index (χ0n) is 10.7. The molecule has 0 saturated heterocycles. The molecule has 1 aromatic carbocycles. The van der Waals surface area contributed by atoms with Crippen molar-refractivity contribution in [2.24, 2.45) is 0 Å². The molecule has 0 N–H and O–H groups in total. The van der Waals surface area contributed by atoms with Gasteiger partial charge in [0.2, 0.25) is 0 Å². The number of hydrogen-bond donors (Lipinski definition) is 0. The van der Waals surface area contributed by atoms with E-state index >= 15 is 0 Å². The zero-order valence-corrected chi connectivity index (χ0v) is 11.5. The molecule has 2 rings (SSSR count). The summed E-state index contributed by atoms with van der Waals surface area (Å²) in [5, 5.41) is 9.16. The molecule has 1 atom stereocenters. The summed E-state index contributed by atoms with van der Waals surface area (Å²) in [5.74, 6) is -0.207. The Morgan fingerprint density at radius 1 is 1.17 bits per heavy atom. The predicted octanol–water partition coefficient (Wildman–Crippen LogP) is 3.85. The molecule has 5 heteroatoms. The van der Waals surface area contributed by atoms with Gasteiger partial charge < -0.3 is 4.57 Å². The molecule has 0 bridgehead atoms. The van der Waals surface area contributed by atoms with E-state index in [9.17, 15) is 4.39 Å². The van der Waals surface area contributed by atoms with Gasteiger partial charge >= 0.3 is 0 Å². The van der Waals surface area contributed by atoms with Crippen LogP contribution in [0.1, 0.15) is 37.6 Å². The third-order valence-corrected chi connectivity index (χ3v) is 3.85. The number of nitrogens with zero attached hydrogens (tertiary/aromatic N) is 3. The number of benzene rings is 1. The Hall–Kier alpha value is -1.36. The molecule has 1 heterocycles. The molecule has 0 radical (unpaired) electrons. The van der Waals surface area contributed by atoms with E-state index in [4.69, 9.17) is 0 Å². The molecule has 0 unspecified atom stereocenters. The van der Waals surface area contributed by atoms with Crippen LogP contribution in [0.5, 0.6) is 0 Å². The summed E-state index contributed by atoms with van der Waals surface area (Å²) in [7, 11) is 0. The quantitative estimate of drug-likeness (QED) is 0.787. The summed E-state index contributed by atoms with van der Waals surface area (Å²) in [6.45, 7) is 6.27. The van der Waals surface area contributed by atoms with Gasteiger partial charge in [-0.1, -0.05) is 23.9 Å². The van der Waals surface area contributed by atoms with Gasteiger partial charge in [-0.05, 0) is 38.5 Å². The van der Waals surface area contributed by atoms with E-state index in [0.29, 0.717) is 6.04 Å². The van der Waals surface area contributed by atoms with E-state index in [1.165, 1.54) is 12.1 Å². The van der Waals surface area contributed by atoms with Crippen molar-refractivity contribution in [1.29, 1.82) is 0 Å². The molecule has 0 saturated carbocycles. The minimum absolute atomic E-state index is 0.207. The van der Waals surface area contributed by atoms with Crippen LogP contribution >= 0.6 is 11.8 Å². The SMILES string of the molecule is CC(C)n1cnnc1S[C@H](C)c1ccc(F)cc1. The van der Waals surface area contributed by atoms with E-state index in [0.717, 1.165) is 10.7 Å². The Kier molecular flexibility index (Phi) is 4.01. The molecular formula is C13H16FN3S. The highest BCUT2D eigenvalue weighted by Crippen LogP contribution is 2.34. The van der Waals surface area contributed by atoms with Crippen LogP contribution in [0.15, 0.2) is 35.7 Å². The lowest BCUT2D eigenvalue weighted by atomic mass is 10.2. The van der Waals surface area contributed by atoms with Crippen molar-refractivity contribution in [1.82, 2.24) is 14.8 Å². The summed E-state index contributed by atoms with van der Waals surface area (Å²) < 4.78 is 14.9. The second kappa shape index (κ2) is 5.52. The minimum Gasteiger partial charge on any atom is -0.306 e. The van der Waals surface area contributed by atoms with Crippen LogP contribution in [0.2, 0.25) is 0 Å². The highest BCUT2D eigenvalue weighted by molar-refractivity contribution is 7.99. The van der Waals surface area contributed by atoms with Crippen LogP contribution in [0.3, 0.4) is 0 Å². The molecular weight excluding hydrogens is 249 g/mol. The minimum atomic E-state index is -0.207. The fraction of sp³-hybridized carbons (Fsp3) is 0.385. The first-order valence-electron chi connectivity index (χ1n) is 5.89. The number of thioether (sulfide) groups is 1. The molecule has 1 aromatic heterocycles. The van der Waals surface area contributed by atoms with Crippen molar-refractivity contribution in [2.75, 3.05) is 0 Å². The lowest BCUT2D eigenvalue weighted by molar-refractivity contribution is 0.549. The van der Waals surface area contributed by atoms with Crippen molar-refractivity contribution in [2.45, 2.75) is 37.2 Å². The Morgan fingerprint density at radius 3 is 2.44 bits per heavy atom. The van der Waals surface area contributed by atoms with Crippen molar-refractivity contribution in [3.8, 4) is 0 Å². The molecule has 0 aliphatic carbocycles. The first-order valence-corrected chi connectivity index (χ1v) is 6.77. The highest BCUT2D eigenvalue weighted by Gasteiger charge is 2.13. The molecule has 0 spiro atoms. The van der Waals surface area contributed by atoms with E-state index in [-0.39, 0.29) is 11.1 Å². The predicted molar refractivity (Wildman–Crippen MR) is 71.1 cm³/mol. The first kappa shape index (κ1) is 13.1. The second-order valence-electron chi connectivity index (χ2n) is 4.43. The van der Waals surface area contributed by atoms with Crippen molar-refractivity contribution in [3.63, 3.8) is 0 Å². The molecule has 0 amide bonds. The molecule has 96 valence electrons. The van der Waals surface area contributed by atoms with E-state index < -0.39 is 0 Å². The van der Waals surface area contributed by atoms with Crippen molar-refractivity contribution in [3.05, 3.63) is 42.0 Å². The van der Waals surface area contributed by atoms with Crippen molar-refractivity contribution >= 4 is 11.8 Å². The molecule has 18 heavy (non-hydrogen) atoms. The van der Waals surface area contributed by atoms with Crippen LogP contribution in [0.4, 0.5) is 4.39 Å². The smallest absolute Gasteiger partial charge is 0.191 e. The van der Waals surface area contributed by atoms with Crippen LogP contribution in [-0.2, 0) is 0 Å². The summed E-state index contributed by atoms with van der Waals surface area (Å²) in [6, 6.07) is 6.92. The molecule has 2 aromatic rings. The van der Waals surface area contributed by atoms with Gasteiger partial charge in [0.05, 0.1) is 0 Å². The monoisotopic (exact) mass is 265 g/mol. The zero-order chi connectivity index (χ0) is 13.1. The van der Waals surface area contributed by atoms with Gasteiger partial charge in [0.1, 0.15) is 12.1 Å². The normalized spacial score (nSPS) is 12.9. The van der Waals surface area contributed by atoms with Gasteiger partial charge in [0, 0.05) is 11.3 Å². The van der Waals surface area contributed by atoms with Crippen LogP contribution < -0.4 is 0 Å². The average Bonchev–Trinajstić information content (AvgIpc) is 2.78. The van der Waals surface area contributed by atoms with Crippen molar-refractivity contribution < 1.29 is 4.39 Å². The summed E-state index contributed by atoms with van der Waals surface area (Å²) >= 11 is 1.63. The Balaban J connectivity index is 2.13. The third kappa shape index (κ3) is 2.90. The summed E-state index contributed by atoms with van der Waals surface area (Å²) in [5.41, 5.74) is 1.08. The van der Waals surface area contributed by atoms with E-state index in [1.807, 2.05) is 16.7 Å². The Morgan fingerprint density at radius 2 is 1.83 bits per heavy atom. The number of hydrogen-bond acceptors (Lipinski definition) is 3.